The Kier molecular flexibility index (Phi) is 4.74. The third kappa shape index (κ3) is 3.44. The van der Waals surface area contributed by atoms with E-state index in [0.29, 0.717) is 5.95 Å². The summed E-state index contributed by atoms with van der Waals surface area (Å²) in [5.41, 5.74) is 2.48. The molecule has 0 aliphatic heterocycles. The maximum Gasteiger partial charge on any atom is 0.224 e. The summed E-state index contributed by atoms with van der Waals surface area (Å²) < 4.78 is 0. The Labute approximate surface area is 118 Å². The standard InChI is InChI=1S/C14H20N4S/c1-4-11-6-7-19-12(11)9-16-13-10(3)8-17-14(18-13)15-5-2/h6-8H,4-5,9H2,1-3H3,(H2,15,16,17,18). The Morgan fingerprint density at radius 3 is 2.84 bits per heavy atom. The number of nitrogens with one attached hydrogen (secondary N) is 2. The van der Waals surface area contributed by atoms with Gasteiger partial charge in [-0.15, -0.1) is 11.3 Å². The van der Waals surface area contributed by atoms with Gasteiger partial charge in [0.05, 0.1) is 6.54 Å². The van der Waals surface area contributed by atoms with Gasteiger partial charge in [-0.25, -0.2) is 4.98 Å². The molecule has 2 aromatic rings. The lowest BCUT2D eigenvalue weighted by Gasteiger charge is -2.10. The quantitative estimate of drug-likeness (QED) is 0.848. The molecule has 2 heterocycles. The summed E-state index contributed by atoms with van der Waals surface area (Å²) in [4.78, 5) is 10.1. The lowest BCUT2D eigenvalue weighted by atomic mass is 10.2. The fraction of sp³-hybridized carbons (Fsp3) is 0.429. The van der Waals surface area contributed by atoms with E-state index in [2.05, 4.69) is 39.0 Å². The van der Waals surface area contributed by atoms with Gasteiger partial charge in [0.2, 0.25) is 5.95 Å². The topological polar surface area (TPSA) is 49.8 Å². The van der Waals surface area contributed by atoms with Crippen LogP contribution in [-0.4, -0.2) is 16.5 Å². The first-order chi connectivity index (χ1) is 9.24. The van der Waals surface area contributed by atoms with Gasteiger partial charge in [0.1, 0.15) is 5.82 Å². The van der Waals surface area contributed by atoms with Crippen molar-refractivity contribution in [1.82, 2.24) is 9.97 Å². The van der Waals surface area contributed by atoms with Crippen LogP contribution in [0, 0.1) is 6.92 Å². The second kappa shape index (κ2) is 6.52. The number of aromatic nitrogens is 2. The molecule has 19 heavy (non-hydrogen) atoms. The van der Waals surface area contributed by atoms with Crippen molar-refractivity contribution in [2.75, 3.05) is 17.2 Å². The zero-order chi connectivity index (χ0) is 13.7. The number of hydrogen-bond donors (Lipinski definition) is 2. The van der Waals surface area contributed by atoms with Crippen LogP contribution in [0.1, 0.15) is 29.9 Å². The van der Waals surface area contributed by atoms with E-state index in [0.717, 1.165) is 30.9 Å². The summed E-state index contributed by atoms with van der Waals surface area (Å²) in [6, 6.07) is 2.19. The fourth-order valence-corrected chi connectivity index (χ4v) is 2.78. The van der Waals surface area contributed by atoms with Crippen LogP contribution in [0.4, 0.5) is 11.8 Å². The Morgan fingerprint density at radius 2 is 2.11 bits per heavy atom. The Balaban J connectivity index is 2.08. The van der Waals surface area contributed by atoms with Crippen LogP contribution in [0.15, 0.2) is 17.6 Å². The van der Waals surface area contributed by atoms with E-state index in [9.17, 15) is 0 Å². The monoisotopic (exact) mass is 276 g/mol. The summed E-state index contributed by atoms with van der Waals surface area (Å²) >= 11 is 1.79. The van der Waals surface area contributed by atoms with E-state index >= 15 is 0 Å². The van der Waals surface area contributed by atoms with Gasteiger partial charge in [0, 0.05) is 23.2 Å². The highest BCUT2D eigenvalue weighted by atomic mass is 32.1. The summed E-state index contributed by atoms with van der Waals surface area (Å²) in [6.45, 7) is 7.89. The average Bonchev–Trinajstić information content (AvgIpc) is 2.87. The zero-order valence-corrected chi connectivity index (χ0v) is 12.5. The van der Waals surface area contributed by atoms with Crippen LogP contribution < -0.4 is 10.6 Å². The largest absolute Gasteiger partial charge is 0.365 e. The van der Waals surface area contributed by atoms with E-state index in [1.807, 2.05) is 20.0 Å². The molecule has 0 bridgehead atoms. The molecule has 0 aliphatic carbocycles. The van der Waals surface area contributed by atoms with Crippen LogP contribution >= 0.6 is 11.3 Å². The van der Waals surface area contributed by atoms with E-state index in [1.54, 1.807) is 11.3 Å². The first-order valence-corrected chi connectivity index (χ1v) is 7.49. The van der Waals surface area contributed by atoms with Gasteiger partial charge < -0.3 is 10.6 Å². The molecular formula is C14H20N4S. The molecular weight excluding hydrogens is 256 g/mol. The van der Waals surface area contributed by atoms with Crippen molar-refractivity contribution in [3.05, 3.63) is 33.6 Å². The minimum Gasteiger partial charge on any atom is -0.365 e. The van der Waals surface area contributed by atoms with Crippen LogP contribution in [0.3, 0.4) is 0 Å². The van der Waals surface area contributed by atoms with Gasteiger partial charge in [0.25, 0.3) is 0 Å². The Hall–Kier alpha value is -1.62. The Bertz CT molecular complexity index is 536. The molecule has 0 aliphatic rings. The molecule has 4 nitrogen and oxygen atoms in total. The highest BCUT2D eigenvalue weighted by molar-refractivity contribution is 7.10. The van der Waals surface area contributed by atoms with E-state index in [1.165, 1.54) is 10.4 Å². The molecule has 0 saturated carbocycles. The van der Waals surface area contributed by atoms with Crippen molar-refractivity contribution in [2.45, 2.75) is 33.7 Å². The molecule has 0 radical (unpaired) electrons. The van der Waals surface area contributed by atoms with Gasteiger partial charge >= 0.3 is 0 Å². The lowest BCUT2D eigenvalue weighted by Crippen LogP contribution is -2.08. The van der Waals surface area contributed by atoms with E-state index in [4.69, 9.17) is 0 Å². The van der Waals surface area contributed by atoms with Gasteiger partial charge in [-0.2, -0.15) is 4.98 Å². The first-order valence-electron chi connectivity index (χ1n) is 6.61. The highest BCUT2D eigenvalue weighted by Crippen LogP contribution is 2.20. The summed E-state index contributed by atoms with van der Waals surface area (Å²) in [7, 11) is 0. The third-order valence-electron chi connectivity index (χ3n) is 2.94. The van der Waals surface area contributed by atoms with Gasteiger partial charge in [0.15, 0.2) is 0 Å². The zero-order valence-electron chi connectivity index (χ0n) is 11.7. The molecule has 2 rings (SSSR count). The van der Waals surface area contributed by atoms with Crippen molar-refractivity contribution < 1.29 is 0 Å². The third-order valence-corrected chi connectivity index (χ3v) is 3.90. The summed E-state index contributed by atoms with van der Waals surface area (Å²) in [5, 5.41) is 8.68. The summed E-state index contributed by atoms with van der Waals surface area (Å²) in [6.07, 6.45) is 2.92. The van der Waals surface area contributed by atoms with E-state index in [-0.39, 0.29) is 0 Å². The predicted octanol–water partition coefficient (Wildman–Crippen LogP) is 3.45. The molecule has 0 saturated heterocycles. The van der Waals surface area contributed by atoms with E-state index < -0.39 is 0 Å². The van der Waals surface area contributed by atoms with Gasteiger partial charge in [-0.05, 0) is 37.3 Å². The van der Waals surface area contributed by atoms with Crippen molar-refractivity contribution in [3.63, 3.8) is 0 Å². The molecule has 0 amide bonds. The van der Waals surface area contributed by atoms with Gasteiger partial charge in [-0.1, -0.05) is 6.92 Å². The maximum absolute atomic E-state index is 4.49. The number of hydrogen-bond acceptors (Lipinski definition) is 5. The smallest absolute Gasteiger partial charge is 0.224 e. The Morgan fingerprint density at radius 1 is 1.26 bits per heavy atom. The number of aryl methyl sites for hydroxylation is 2. The summed E-state index contributed by atoms with van der Waals surface area (Å²) in [5.74, 6) is 1.58. The number of anilines is 2. The molecule has 0 fully saturated rings. The van der Waals surface area contributed by atoms with Crippen LogP contribution in [0.25, 0.3) is 0 Å². The molecule has 5 heteroatoms. The number of nitrogens with zero attached hydrogens (tertiary/aromatic N) is 2. The van der Waals surface area contributed by atoms with Crippen molar-refractivity contribution in [1.29, 1.82) is 0 Å². The fourth-order valence-electron chi connectivity index (χ4n) is 1.87. The predicted molar refractivity (Wildman–Crippen MR) is 82.0 cm³/mol. The molecule has 102 valence electrons. The minimum absolute atomic E-state index is 0.678. The molecule has 0 unspecified atom stereocenters. The van der Waals surface area contributed by atoms with Crippen LogP contribution in [0.5, 0.6) is 0 Å². The average molecular weight is 276 g/mol. The molecule has 0 spiro atoms. The minimum atomic E-state index is 0.678. The number of thiophene rings is 1. The van der Waals surface area contributed by atoms with Gasteiger partial charge in [-0.3, -0.25) is 0 Å². The van der Waals surface area contributed by atoms with Crippen molar-refractivity contribution in [3.8, 4) is 0 Å². The van der Waals surface area contributed by atoms with Crippen LogP contribution in [-0.2, 0) is 13.0 Å². The second-order valence-corrected chi connectivity index (χ2v) is 5.33. The highest BCUT2D eigenvalue weighted by Gasteiger charge is 2.06. The lowest BCUT2D eigenvalue weighted by molar-refractivity contribution is 1.03. The maximum atomic E-state index is 4.49. The SMILES string of the molecule is CCNc1ncc(C)c(NCc2sccc2CC)n1. The first kappa shape index (κ1) is 13.8. The molecule has 2 N–H and O–H groups in total. The van der Waals surface area contributed by atoms with Crippen LogP contribution in [0.2, 0.25) is 0 Å². The molecule has 2 aromatic heterocycles. The second-order valence-electron chi connectivity index (χ2n) is 4.33. The number of rotatable bonds is 6. The van der Waals surface area contributed by atoms with Crippen molar-refractivity contribution >= 4 is 23.1 Å². The molecule has 0 aromatic carbocycles. The normalized spacial score (nSPS) is 10.5. The molecule has 0 atom stereocenters. The van der Waals surface area contributed by atoms with Crippen molar-refractivity contribution in [2.24, 2.45) is 0 Å².